The number of aliphatic carboxylic acids is 2. The molecule has 0 saturated carbocycles. The summed E-state index contributed by atoms with van der Waals surface area (Å²) in [5.41, 5.74) is 6.65. The summed E-state index contributed by atoms with van der Waals surface area (Å²) in [4.78, 5) is 71.7. The van der Waals surface area contributed by atoms with Crippen molar-refractivity contribution < 1.29 is 44.1 Å². The number of amides is 4. The second kappa shape index (κ2) is 14.4. The van der Waals surface area contributed by atoms with Gasteiger partial charge in [0.05, 0.1) is 12.5 Å². The maximum Gasteiger partial charge on any atom is 0.322 e. The topological polar surface area (TPSA) is 237 Å². The number of rotatable bonds is 14. The quantitative estimate of drug-likeness (QED) is 0.134. The Bertz CT molecular complexity index is 997. The molecule has 0 heterocycles. The summed E-state index contributed by atoms with van der Waals surface area (Å²) in [6.45, 7) is 3.84. The van der Waals surface area contributed by atoms with E-state index in [-0.39, 0.29) is 12.2 Å². The van der Waals surface area contributed by atoms with Crippen LogP contribution in [0.5, 0.6) is 5.75 Å². The van der Waals surface area contributed by atoms with Crippen molar-refractivity contribution in [1.29, 1.82) is 0 Å². The van der Waals surface area contributed by atoms with Crippen LogP contribution in [0.2, 0.25) is 0 Å². The van der Waals surface area contributed by atoms with Crippen molar-refractivity contribution in [2.75, 3.05) is 6.54 Å². The first kappa shape index (κ1) is 30.8. The van der Waals surface area contributed by atoms with E-state index >= 15 is 0 Å². The molecule has 0 aliphatic carbocycles. The molecule has 1 aromatic carbocycles. The Labute approximate surface area is 213 Å². The lowest BCUT2D eigenvalue weighted by Crippen LogP contribution is -2.58. The van der Waals surface area contributed by atoms with Gasteiger partial charge in [-0.15, -0.1) is 0 Å². The maximum atomic E-state index is 12.8. The molecule has 0 aliphatic rings. The van der Waals surface area contributed by atoms with Gasteiger partial charge in [0.2, 0.25) is 23.6 Å². The van der Waals surface area contributed by atoms with Gasteiger partial charge in [0.15, 0.2) is 0 Å². The summed E-state index contributed by atoms with van der Waals surface area (Å²) in [7, 11) is 0. The van der Waals surface area contributed by atoms with Gasteiger partial charge < -0.3 is 42.3 Å². The predicted molar refractivity (Wildman–Crippen MR) is 129 cm³/mol. The lowest BCUT2D eigenvalue weighted by atomic mass is 10.0. The first-order valence-corrected chi connectivity index (χ1v) is 11.4. The first-order chi connectivity index (χ1) is 17.2. The number of phenols is 1. The second-order valence-corrected chi connectivity index (χ2v) is 8.71. The van der Waals surface area contributed by atoms with Crippen LogP contribution in [0.25, 0.3) is 0 Å². The Balaban J connectivity index is 2.78. The third-order valence-corrected chi connectivity index (χ3v) is 5.15. The molecule has 37 heavy (non-hydrogen) atoms. The van der Waals surface area contributed by atoms with E-state index in [2.05, 4.69) is 16.0 Å². The number of hydrogen-bond donors (Lipinski definition) is 8. The Kier molecular flexibility index (Phi) is 12.0. The van der Waals surface area contributed by atoms with E-state index < -0.39 is 78.6 Å². The Morgan fingerprint density at radius 2 is 1.41 bits per heavy atom. The van der Waals surface area contributed by atoms with Crippen LogP contribution in [0, 0.1) is 5.92 Å². The van der Waals surface area contributed by atoms with Crippen LogP contribution in [0.15, 0.2) is 24.3 Å². The molecule has 14 nitrogen and oxygen atoms in total. The van der Waals surface area contributed by atoms with E-state index in [9.17, 15) is 33.9 Å². The highest BCUT2D eigenvalue weighted by Gasteiger charge is 2.30. The predicted octanol–water partition coefficient (Wildman–Crippen LogP) is -1.93. The highest BCUT2D eigenvalue weighted by molar-refractivity contribution is 5.96. The summed E-state index contributed by atoms with van der Waals surface area (Å²) in [6.07, 6.45) is -0.673. The van der Waals surface area contributed by atoms with Crippen LogP contribution >= 0.6 is 0 Å². The van der Waals surface area contributed by atoms with Crippen molar-refractivity contribution in [2.45, 2.75) is 57.8 Å². The van der Waals surface area contributed by atoms with Gasteiger partial charge in [-0.3, -0.25) is 28.8 Å². The molecule has 0 spiro atoms. The number of carbonyl (C=O) groups excluding carboxylic acids is 4. The number of carboxylic acid groups (broad SMARTS) is 2. The van der Waals surface area contributed by atoms with Gasteiger partial charge in [-0.25, -0.2) is 0 Å². The number of benzene rings is 1. The minimum atomic E-state index is -1.58. The lowest BCUT2D eigenvalue weighted by molar-refractivity contribution is -0.141. The Morgan fingerprint density at radius 1 is 0.811 bits per heavy atom. The van der Waals surface area contributed by atoms with Crippen molar-refractivity contribution in [2.24, 2.45) is 11.7 Å². The van der Waals surface area contributed by atoms with Gasteiger partial charge in [0, 0.05) is 0 Å². The normalized spacial score (nSPS) is 14.0. The number of carbonyl (C=O) groups is 6. The van der Waals surface area contributed by atoms with Crippen molar-refractivity contribution in [3.63, 3.8) is 0 Å². The van der Waals surface area contributed by atoms with Crippen LogP contribution in [0.1, 0.15) is 32.8 Å². The largest absolute Gasteiger partial charge is 0.508 e. The Morgan fingerprint density at radius 3 is 1.92 bits per heavy atom. The smallest absolute Gasteiger partial charge is 0.322 e. The van der Waals surface area contributed by atoms with Crippen LogP contribution in [-0.4, -0.2) is 81.6 Å². The van der Waals surface area contributed by atoms with E-state index in [1.165, 1.54) is 19.1 Å². The number of nitrogens with one attached hydrogen (secondary N) is 4. The van der Waals surface area contributed by atoms with Crippen LogP contribution in [-0.2, 0) is 35.2 Å². The SMILES string of the molecule is CC(C)[C@H](NC(=O)[C@@H](N)Cc1ccc(O)cc1)C(=O)N[C@@H](C)C(=O)N[C@@H](CC(=O)O)C(=O)NCC(=O)O. The highest BCUT2D eigenvalue weighted by Crippen LogP contribution is 2.11. The average Bonchev–Trinajstić information content (AvgIpc) is 2.80. The number of hydrogen-bond acceptors (Lipinski definition) is 8. The molecule has 4 amide bonds. The van der Waals surface area contributed by atoms with Gasteiger partial charge >= 0.3 is 11.9 Å². The number of aromatic hydroxyl groups is 1. The second-order valence-electron chi connectivity index (χ2n) is 8.71. The third kappa shape index (κ3) is 10.9. The summed E-state index contributed by atoms with van der Waals surface area (Å²) in [6, 6.07) is 1.23. The molecular weight excluding hydrogens is 490 g/mol. The molecule has 0 fully saturated rings. The fourth-order valence-corrected chi connectivity index (χ4v) is 3.11. The van der Waals surface area contributed by atoms with E-state index in [1.807, 2.05) is 5.32 Å². The van der Waals surface area contributed by atoms with Crippen LogP contribution in [0.3, 0.4) is 0 Å². The molecule has 0 saturated heterocycles. The minimum absolute atomic E-state index is 0.0617. The lowest BCUT2D eigenvalue weighted by Gasteiger charge is -2.26. The van der Waals surface area contributed by atoms with Gasteiger partial charge in [0.1, 0.15) is 30.4 Å². The molecule has 1 aromatic rings. The van der Waals surface area contributed by atoms with Gasteiger partial charge in [0.25, 0.3) is 0 Å². The summed E-state index contributed by atoms with van der Waals surface area (Å²) >= 11 is 0. The van der Waals surface area contributed by atoms with Crippen molar-refractivity contribution in [1.82, 2.24) is 21.3 Å². The summed E-state index contributed by atoms with van der Waals surface area (Å²) in [5, 5.41) is 36.1. The van der Waals surface area contributed by atoms with Crippen molar-refractivity contribution >= 4 is 35.6 Å². The molecule has 0 radical (unpaired) electrons. The molecule has 0 bridgehead atoms. The molecule has 14 heteroatoms. The number of carboxylic acids is 2. The van der Waals surface area contributed by atoms with Crippen LogP contribution in [0.4, 0.5) is 0 Å². The summed E-state index contributed by atoms with van der Waals surface area (Å²) < 4.78 is 0. The maximum absolute atomic E-state index is 12.8. The van der Waals surface area contributed by atoms with Crippen LogP contribution < -0.4 is 27.0 Å². The van der Waals surface area contributed by atoms with Crippen molar-refractivity contribution in [3.05, 3.63) is 29.8 Å². The monoisotopic (exact) mass is 523 g/mol. The standard InChI is InChI=1S/C23H33N5O9/c1-11(2)19(28-21(35)15(24)8-13-4-6-14(29)7-5-13)23(37)26-12(3)20(34)27-16(9-17(30)31)22(36)25-10-18(32)33/h4-7,11-12,15-16,19,29H,8-10,24H2,1-3H3,(H,25,36)(H,26,37)(H,27,34)(H,28,35)(H,30,31)(H,32,33)/t12-,15-,16-,19-/m0/s1. The number of nitrogens with two attached hydrogens (primary N) is 1. The zero-order chi connectivity index (χ0) is 28.3. The zero-order valence-corrected chi connectivity index (χ0v) is 20.7. The molecular formula is C23H33N5O9. The molecule has 0 aliphatic heterocycles. The fraction of sp³-hybridized carbons (Fsp3) is 0.478. The van der Waals surface area contributed by atoms with E-state index in [4.69, 9.17) is 15.9 Å². The van der Waals surface area contributed by atoms with E-state index in [0.717, 1.165) is 0 Å². The van der Waals surface area contributed by atoms with E-state index in [1.54, 1.807) is 26.0 Å². The van der Waals surface area contributed by atoms with Gasteiger partial charge in [-0.05, 0) is 37.0 Å². The van der Waals surface area contributed by atoms with Crippen molar-refractivity contribution in [3.8, 4) is 5.75 Å². The number of phenolic OH excluding ortho intramolecular Hbond substituents is 1. The summed E-state index contributed by atoms with van der Waals surface area (Å²) in [5.74, 6) is -6.37. The first-order valence-electron chi connectivity index (χ1n) is 11.4. The third-order valence-electron chi connectivity index (χ3n) is 5.15. The zero-order valence-electron chi connectivity index (χ0n) is 20.7. The molecule has 4 atom stereocenters. The minimum Gasteiger partial charge on any atom is -0.508 e. The molecule has 0 aromatic heterocycles. The Hall–Kier alpha value is -4.20. The molecule has 204 valence electrons. The molecule has 1 rings (SSSR count). The molecule has 9 N–H and O–H groups in total. The van der Waals surface area contributed by atoms with Gasteiger partial charge in [-0.2, -0.15) is 0 Å². The average molecular weight is 524 g/mol. The molecule has 0 unspecified atom stereocenters. The fourth-order valence-electron chi connectivity index (χ4n) is 3.11. The van der Waals surface area contributed by atoms with E-state index in [0.29, 0.717) is 5.56 Å². The van der Waals surface area contributed by atoms with Gasteiger partial charge in [-0.1, -0.05) is 26.0 Å². The highest BCUT2D eigenvalue weighted by atomic mass is 16.4.